The molecule has 1 saturated heterocycles. The fourth-order valence-electron chi connectivity index (χ4n) is 3.63. The normalized spacial score (nSPS) is 24.3. The van der Waals surface area contributed by atoms with Gasteiger partial charge in [0.25, 0.3) is 0 Å². The van der Waals surface area contributed by atoms with Crippen LogP contribution in [0.15, 0.2) is 0 Å². The zero-order valence-electron chi connectivity index (χ0n) is 16.1. The predicted molar refractivity (Wildman–Crippen MR) is 96.6 cm³/mol. The van der Waals surface area contributed by atoms with Gasteiger partial charge in [0.05, 0.1) is 25.4 Å². The van der Waals surface area contributed by atoms with E-state index >= 15 is 0 Å². The summed E-state index contributed by atoms with van der Waals surface area (Å²) in [7, 11) is 0. The van der Waals surface area contributed by atoms with E-state index in [1.54, 1.807) is 0 Å². The molecule has 1 aliphatic heterocycles. The number of ketones is 1. The van der Waals surface area contributed by atoms with Crippen LogP contribution in [0.5, 0.6) is 0 Å². The first-order chi connectivity index (χ1) is 12.2. The Balaban J connectivity index is 0.000000186. The first kappa shape index (κ1) is 20.8. The molecule has 0 aromatic rings. The first-order valence-electron chi connectivity index (χ1n) is 10.2. The SMILES string of the molecule is CCCOC1CCC(=O)CC1.CCCOC1CCC2(CC1)OCCO2. The highest BCUT2D eigenvalue weighted by atomic mass is 16.7. The third-order valence-electron chi connectivity index (χ3n) is 5.11. The van der Waals surface area contributed by atoms with Gasteiger partial charge in [0, 0.05) is 38.9 Å². The van der Waals surface area contributed by atoms with E-state index in [4.69, 9.17) is 18.9 Å². The molecular formula is C20H36O5. The summed E-state index contributed by atoms with van der Waals surface area (Å²) in [4.78, 5) is 10.8. The van der Waals surface area contributed by atoms with Gasteiger partial charge in [-0.1, -0.05) is 13.8 Å². The van der Waals surface area contributed by atoms with Crippen LogP contribution in [-0.4, -0.2) is 50.2 Å². The van der Waals surface area contributed by atoms with Gasteiger partial charge in [0.15, 0.2) is 5.79 Å². The lowest BCUT2D eigenvalue weighted by Gasteiger charge is -2.35. The number of carbonyl (C=O) groups excluding carboxylic acids is 1. The molecule has 0 atom stereocenters. The van der Waals surface area contributed by atoms with Crippen LogP contribution in [0.25, 0.3) is 0 Å². The van der Waals surface area contributed by atoms with Crippen molar-refractivity contribution < 1.29 is 23.7 Å². The third kappa shape index (κ3) is 7.33. The Morgan fingerprint density at radius 3 is 1.84 bits per heavy atom. The van der Waals surface area contributed by atoms with E-state index in [0.717, 1.165) is 90.6 Å². The summed E-state index contributed by atoms with van der Waals surface area (Å²) in [6.07, 6.45) is 10.5. The van der Waals surface area contributed by atoms with Crippen molar-refractivity contribution >= 4 is 5.78 Å². The molecule has 5 heteroatoms. The van der Waals surface area contributed by atoms with Crippen LogP contribution in [0.1, 0.15) is 78.1 Å². The van der Waals surface area contributed by atoms with Crippen LogP contribution in [0.2, 0.25) is 0 Å². The Labute approximate surface area is 152 Å². The molecule has 0 unspecified atom stereocenters. The van der Waals surface area contributed by atoms with Crippen molar-refractivity contribution in [1.82, 2.24) is 0 Å². The summed E-state index contributed by atoms with van der Waals surface area (Å²) in [5.41, 5.74) is 0. The van der Waals surface area contributed by atoms with Crippen LogP contribution in [-0.2, 0) is 23.7 Å². The molecule has 0 radical (unpaired) electrons. The molecule has 3 aliphatic rings. The Morgan fingerprint density at radius 2 is 1.36 bits per heavy atom. The van der Waals surface area contributed by atoms with Gasteiger partial charge in [-0.25, -0.2) is 0 Å². The highest BCUT2D eigenvalue weighted by Gasteiger charge is 2.40. The Morgan fingerprint density at radius 1 is 0.880 bits per heavy atom. The monoisotopic (exact) mass is 356 g/mol. The van der Waals surface area contributed by atoms with Crippen LogP contribution >= 0.6 is 0 Å². The average molecular weight is 357 g/mol. The second-order valence-electron chi connectivity index (χ2n) is 7.29. The zero-order valence-corrected chi connectivity index (χ0v) is 16.1. The van der Waals surface area contributed by atoms with Gasteiger partial charge in [-0.3, -0.25) is 4.79 Å². The summed E-state index contributed by atoms with van der Waals surface area (Å²) in [5.74, 6) is 0.174. The largest absolute Gasteiger partial charge is 0.378 e. The highest BCUT2D eigenvalue weighted by Crippen LogP contribution is 2.36. The van der Waals surface area contributed by atoms with Gasteiger partial charge < -0.3 is 18.9 Å². The summed E-state index contributed by atoms with van der Waals surface area (Å²) < 4.78 is 22.6. The number of carbonyl (C=O) groups is 1. The number of rotatable bonds is 6. The molecule has 146 valence electrons. The first-order valence-corrected chi connectivity index (χ1v) is 10.2. The molecule has 2 saturated carbocycles. The fourth-order valence-corrected chi connectivity index (χ4v) is 3.63. The van der Waals surface area contributed by atoms with Crippen molar-refractivity contribution in [3.63, 3.8) is 0 Å². The summed E-state index contributed by atoms with van der Waals surface area (Å²) >= 11 is 0. The second kappa shape index (κ2) is 11.3. The second-order valence-corrected chi connectivity index (χ2v) is 7.29. The smallest absolute Gasteiger partial charge is 0.168 e. The molecule has 3 fully saturated rings. The topological polar surface area (TPSA) is 54.0 Å². The molecule has 25 heavy (non-hydrogen) atoms. The lowest BCUT2D eigenvalue weighted by molar-refractivity contribution is -0.191. The average Bonchev–Trinajstić information content (AvgIpc) is 3.10. The Bertz CT molecular complexity index is 358. The van der Waals surface area contributed by atoms with Gasteiger partial charge in [-0.2, -0.15) is 0 Å². The van der Waals surface area contributed by atoms with Crippen LogP contribution in [0.4, 0.5) is 0 Å². The summed E-state index contributed by atoms with van der Waals surface area (Å²) in [5, 5.41) is 0. The zero-order chi connectivity index (χ0) is 18.0. The van der Waals surface area contributed by atoms with Crippen molar-refractivity contribution in [2.45, 2.75) is 96.1 Å². The van der Waals surface area contributed by atoms with Crippen molar-refractivity contribution in [2.24, 2.45) is 0 Å². The fraction of sp³-hybridized carbons (Fsp3) is 0.950. The van der Waals surface area contributed by atoms with Crippen LogP contribution in [0.3, 0.4) is 0 Å². The molecule has 1 heterocycles. The number of ether oxygens (including phenoxy) is 4. The number of Topliss-reactive ketones (excluding diaryl/α,β-unsaturated/α-hetero) is 1. The van der Waals surface area contributed by atoms with Gasteiger partial charge >= 0.3 is 0 Å². The van der Waals surface area contributed by atoms with E-state index in [0.29, 0.717) is 18.0 Å². The van der Waals surface area contributed by atoms with Crippen molar-refractivity contribution in [3.05, 3.63) is 0 Å². The summed E-state index contributed by atoms with van der Waals surface area (Å²) in [6, 6.07) is 0. The van der Waals surface area contributed by atoms with E-state index in [1.807, 2.05) is 0 Å². The highest BCUT2D eigenvalue weighted by molar-refractivity contribution is 5.79. The van der Waals surface area contributed by atoms with Gasteiger partial charge in [-0.15, -0.1) is 0 Å². The summed E-state index contributed by atoms with van der Waals surface area (Å²) in [6.45, 7) is 7.51. The third-order valence-corrected chi connectivity index (χ3v) is 5.11. The molecule has 0 aromatic carbocycles. The van der Waals surface area contributed by atoms with E-state index in [1.165, 1.54) is 0 Å². The molecule has 0 bridgehead atoms. The number of hydrogen-bond donors (Lipinski definition) is 0. The quantitative estimate of drug-likeness (QED) is 0.719. The lowest BCUT2D eigenvalue weighted by Crippen LogP contribution is -2.37. The molecule has 5 nitrogen and oxygen atoms in total. The number of hydrogen-bond acceptors (Lipinski definition) is 5. The van der Waals surface area contributed by atoms with E-state index in [2.05, 4.69) is 13.8 Å². The van der Waals surface area contributed by atoms with Crippen molar-refractivity contribution in [2.75, 3.05) is 26.4 Å². The molecule has 0 N–H and O–H groups in total. The van der Waals surface area contributed by atoms with Gasteiger partial charge in [-0.05, 0) is 38.5 Å². The standard InChI is InChI=1S/C11H20O3.C9H16O2/c1-2-7-12-10-3-5-11(6-4-10)13-8-9-14-11;1-2-7-11-9-5-3-8(10)4-6-9/h10H,2-9H2,1H3;9H,2-7H2,1H3. The maximum Gasteiger partial charge on any atom is 0.168 e. The molecule has 0 amide bonds. The van der Waals surface area contributed by atoms with Gasteiger partial charge in [0.1, 0.15) is 5.78 Å². The maximum absolute atomic E-state index is 10.8. The van der Waals surface area contributed by atoms with E-state index in [-0.39, 0.29) is 5.79 Å². The van der Waals surface area contributed by atoms with Crippen molar-refractivity contribution in [1.29, 1.82) is 0 Å². The molecule has 2 aliphatic carbocycles. The van der Waals surface area contributed by atoms with E-state index in [9.17, 15) is 4.79 Å². The van der Waals surface area contributed by atoms with E-state index < -0.39 is 0 Å². The molecular weight excluding hydrogens is 320 g/mol. The minimum Gasteiger partial charge on any atom is -0.378 e. The Hall–Kier alpha value is -0.490. The van der Waals surface area contributed by atoms with Gasteiger partial charge in [0.2, 0.25) is 0 Å². The molecule has 3 rings (SSSR count). The maximum atomic E-state index is 10.8. The predicted octanol–water partition coefficient (Wildman–Crippen LogP) is 4.02. The van der Waals surface area contributed by atoms with Crippen LogP contribution in [0, 0.1) is 0 Å². The lowest BCUT2D eigenvalue weighted by atomic mass is 9.92. The minimum absolute atomic E-state index is 0.230. The minimum atomic E-state index is -0.230. The van der Waals surface area contributed by atoms with Crippen LogP contribution < -0.4 is 0 Å². The molecule has 0 aromatic heterocycles. The Kier molecular flexibility index (Phi) is 9.39. The molecule has 1 spiro atoms. The van der Waals surface area contributed by atoms with Crippen molar-refractivity contribution in [3.8, 4) is 0 Å².